The third-order valence-corrected chi connectivity index (χ3v) is 5.53. The molecule has 152 valence electrons. The van der Waals surface area contributed by atoms with E-state index in [1.54, 1.807) is 12.0 Å². The van der Waals surface area contributed by atoms with Gasteiger partial charge >= 0.3 is 0 Å². The molecular formula is C21H29N3O4. The standard InChI is InChI=1S/C21H29N3O4/c1-14(2)21(27)23-10-8-16(9-11-23)22-20(26)15-12-19(25)24(13-15)17-4-6-18(28-3)7-5-17/h4-7,14-16H,8-13H2,1-3H3,(H,22,26). The van der Waals surface area contributed by atoms with Crippen molar-refractivity contribution in [1.29, 1.82) is 0 Å². The minimum absolute atomic E-state index is 0.000389. The highest BCUT2D eigenvalue weighted by Gasteiger charge is 2.36. The topological polar surface area (TPSA) is 79.0 Å². The Morgan fingerprint density at radius 2 is 1.79 bits per heavy atom. The number of methoxy groups -OCH3 is 1. The van der Waals surface area contributed by atoms with E-state index in [4.69, 9.17) is 4.74 Å². The number of likely N-dealkylation sites (tertiary alicyclic amines) is 1. The molecule has 3 rings (SSSR count). The van der Waals surface area contributed by atoms with Gasteiger partial charge in [-0.3, -0.25) is 14.4 Å². The fraction of sp³-hybridized carbons (Fsp3) is 0.571. The molecule has 2 fully saturated rings. The second kappa shape index (κ2) is 8.63. The van der Waals surface area contributed by atoms with Gasteiger partial charge in [0.25, 0.3) is 0 Å². The quantitative estimate of drug-likeness (QED) is 0.836. The molecule has 1 aromatic carbocycles. The first-order chi connectivity index (χ1) is 13.4. The second-order valence-corrected chi connectivity index (χ2v) is 7.87. The van der Waals surface area contributed by atoms with Gasteiger partial charge in [-0.05, 0) is 37.1 Å². The Hall–Kier alpha value is -2.57. The van der Waals surface area contributed by atoms with E-state index in [0.29, 0.717) is 19.6 Å². The molecule has 1 N–H and O–H groups in total. The summed E-state index contributed by atoms with van der Waals surface area (Å²) >= 11 is 0. The zero-order chi connectivity index (χ0) is 20.3. The van der Waals surface area contributed by atoms with Crippen LogP contribution in [-0.2, 0) is 14.4 Å². The number of nitrogens with one attached hydrogen (secondary N) is 1. The number of amides is 3. The van der Waals surface area contributed by atoms with E-state index >= 15 is 0 Å². The van der Waals surface area contributed by atoms with Crippen molar-refractivity contribution in [2.75, 3.05) is 31.6 Å². The normalized spacial score (nSPS) is 20.6. The number of ether oxygens (including phenoxy) is 1. The first-order valence-electron chi connectivity index (χ1n) is 9.92. The smallest absolute Gasteiger partial charge is 0.227 e. The summed E-state index contributed by atoms with van der Waals surface area (Å²) < 4.78 is 5.15. The molecule has 3 amide bonds. The number of carbonyl (C=O) groups is 3. The first-order valence-corrected chi connectivity index (χ1v) is 9.92. The number of carbonyl (C=O) groups excluding carboxylic acids is 3. The number of benzene rings is 1. The largest absolute Gasteiger partial charge is 0.497 e. The lowest BCUT2D eigenvalue weighted by Gasteiger charge is -2.33. The van der Waals surface area contributed by atoms with Gasteiger partial charge in [0.15, 0.2) is 0 Å². The Bertz CT molecular complexity index is 724. The van der Waals surface area contributed by atoms with Gasteiger partial charge < -0.3 is 19.9 Å². The maximum Gasteiger partial charge on any atom is 0.227 e. The Labute approximate surface area is 166 Å². The van der Waals surface area contributed by atoms with Crippen molar-refractivity contribution in [3.05, 3.63) is 24.3 Å². The third-order valence-electron chi connectivity index (χ3n) is 5.53. The molecule has 2 heterocycles. The van der Waals surface area contributed by atoms with Crippen molar-refractivity contribution < 1.29 is 19.1 Å². The molecule has 7 nitrogen and oxygen atoms in total. The van der Waals surface area contributed by atoms with Gasteiger partial charge in [0.1, 0.15) is 5.75 Å². The third kappa shape index (κ3) is 4.46. The van der Waals surface area contributed by atoms with Crippen LogP contribution in [0.4, 0.5) is 5.69 Å². The fourth-order valence-electron chi connectivity index (χ4n) is 3.82. The Morgan fingerprint density at radius 1 is 1.14 bits per heavy atom. The van der Waals surface area contributed by atoms with Gasteiger partial charge in [0.05, 0.1) is 13.0 Å². The molecular weight excluding hydrogens is 358 g/mol. The number of hydrogen-bond donors (Lipinski definition) is 1. The molecule has 28 heavy (non-hydrogen) atoms. The van der Waals surface area contributed by atoms with Crippen LogP contribution in [0.2, 0.25) is 0 Å². The average Bonchev–Trinajstić information content (AvgIpc) is 3.10. The summed E-state index contributed by atoms with van der Waals surface area (Å²) in [4.78, 5) is 40.7. The average molecular weight is 387 g/mol. The van der Waals surface area contributed by atoms with Gasteiger partial charge in [-0.25, -0.2) is 0 Å². The minimum Gasteiger partial charge on any atom is -0.497 e. The Balaban J connectivity index is 1.51. The van der Waals surface area contributed by atoms with E-state index < -0.39 is 0 Å². The van der Waals surface area contributed by atoms with Crippen LogP contribution >= 0.6 is 0 Å². The summed E-state index contributed by atoms with van der Waals surface area (Å²) in [6, 6.07) is 7.34. The van der Waals surface area contributed by atoms with Gasteiger partial charge in [0, 0.05) is 43.7 Å². The van der Waals surface area contributed by atoms with Crippen molar-refractivity contribution in [3.63, 3.8) is 0 Å². The van der Waals surface area contributed by atoms with Crippen LogP contribution in [0.1, 0.15) is 33.1 Å². The molecule has 0 radical (unpaired) electrons. The van der Waals surface area contributed by atoms with Crippen LogP contribution in [0.5, 0.6) is 5.75 Å². The highest BCUT2D eigenvalue weighted by molar-refractivity contribution is 6.00. The van der Waals surface area contributed by atoms with E-state index in [0.717, 1.165) is 24.3 Å². The number of rotatable bonds is 5. The highest BCUT2D eigenvalue weighted by atomic mass is 16.5. The summed E-state index contributed by atoms with van der Waals surface area (Å²) in [6.07, 6.45) is 1.74. The SMILES string of the molecule is COc1ccc(N2CC(C(=O)NC3CCN(C(=O)C(C)C)CC3)CC2=O)cc1. The Kier molecular flexibility index (Phi) is 6.21. The number of piperidine rings is 1. The number of nitrogens with zero attached hydrogens (tertiary/aromatic N) is 2. The monoisotopic (exact) mass is 387 g/mol. The van der Waals surface area contributed by atoms with E-state index in [-0.39, 0.29) is 42.0 Å². The predicted molar refractivity (Wildman–Crippen MR) is 106 cm³/mol. The molecule has 0 saturated carbocycles. The molecule has 0 aliphatic carbocycles. The predicted octanol–water partition coefficient (Wildman–Crippen LogP) is 1.81. The molecule has 1 unspecified atom stereocenters. The molecule has 2 saturated heterocycles. The highest BCUT2D eigenvalue weighted by Crippen LogP contribution is 2.27. The van der Waals surface area contributed by atoms with Crippen molar-refractivity contribution in [3.8, 4) is 5.75 Å². The van der Waals surface area contributed by atoms with Crippen molar-refractivity contribution >= 4 is 23.4 Å². The summed E-state index contributed by atoms with van der Waals surface area (Å²) in [6.45, 7) is 5.54. The molecule has 0 spiro atoms. The molecule has 2 aliphatic heterocycles. The zero-order valence-electron chi connectivity index (χ0n) is 16.8. The van der Waals surface area contributed by atoms with Crippen LogP contribution in [0.15, 0.2) is 24.3 Å². The second-order valence-electron chi connectivity index (χ2n) is 7.87. The fourth-order valence-corrected chi connectivity index (χ4v) is 3.82. The van der Waals surface area contributed by atoms with Crippen LogP contribution in [-0.4, -0.2) is 55.4 Å². The maximum atomic E-state index is 12.7. The first kappa shape index (κ1) is 20.2. The number of anilines is 1. The van der Waals surface area contributed by atoms with Crippen molar-refractivity contribution in [2.45, 2.75) is 39.2 Å². The summed E-state index contributed by atoms with van der Waals surface area (Å²) in [5, 5.41) is 3.08. The van der Waals surface area contributed by atoms with E-state index in [2.05, 4.69) is 5.32 Å². The lowest BCUT2D eigenvalue weighted by atomic mass is 10.0. The van der Waals surface area contributed by atoms with Crippen molar-refractivity contribution in [1.82, 2.24) is 10.2 Å². The minimum atomic E-state index is -0.343. The van der Waals surface area contributed by atoms with Gasteiger partial charge in [-0.1, -0.05) is 13.8 Å². The van der Waals surface area contributed by atoms with E-state index in [9.17, 15) is 14.4 Å². The Morgan fingerprint density at radius 3 is 2.36 bits per heavy atom. The van der Waals surface area contributed by atoms with Gasteiger partial charge in [0.2, 0.25) is 17.7 Å². The van der Waals surface area contributed by atoms with Crippen LogP contribution in [0, 0.1) is 11.8 Å². The number of hydrogen-bond acceptors (Lipinski definition) is 4. The molecule has 2 aliphatic rings. The molecule has 0 bridgehead atoms. The van der Waals surface area contributed by atoms with Crippen LogP contribution in [0.25, 0.3) is 0 Å². The van der Waals surface area contributed by atoms with E-state index in [1.165, 1.54) is 0 Å². The maximum absolute atomic E-state index is 12.7. The van der Waals surface area contributed by atoms with E-state index in [1.807, 2.05) is 43.0 Å². The van der Waals surface area contributed by atoms with Crippen LogP contribution in [0.3, 0.4) is 0 Å². The molecule has 0 aromatic heterocycles. The summed E-state index contributed by atoms with van der Waals surface area (Å²) in [5.41, 5.74) is 0.779. The zero-order valence-corrected chi connectivity index (χ0v) is 16.8. The summed E-state index contributed by atoms with van der Waals surface area (Å²) in [7, 11) is 1.60. The lowest BCUT2D eigenvalue weighted by molar-refractivity contribution is -0.135. The molecule has 1 aromatic rings. The van der Waals surface area contributed by atoms with Gasteiger partial charge in [-0.2, -0.15) is 0 Å². The van der Waals surface area contributed by atoms with Crippen LogP contribution < -0.4 is 15.0 Å². The molecule has 1 atom stereocenters. The van der Waals surface area contributed by atoms with Crippen molar-refractivity contribution in [2.24, 2.45) is 11.8 Å². The van der Waals surface area contributed by atoms with Gasteiger partial charge in [-0.15, -0.1) is 0 Å². The molecule has 7 heteroatoms. The summed E-state index contributed by atoms with van der Waals surface area (Å²) in [5.74, 6) is 0.443. The lowest BCUT2D eigenvalue weighted by Crippen LogP contribution is -2.48.